The second-order valence-corrected chi connectivity index (χ2v) is 7.86. The Morgan fingerprint density at radius 3 is 2.65 bits per heavy atom. The second kappa shape index (κ2) is 9.67. The van der Waals surface area contributed by atoms with E-state index in [1.807, 2.05) is 43.1 Å². The lowest BCUT2D eigenvalue weighted by molar-refractivity contribution is -0.384. The topological polar surface area (TPSA) is 127 Å². The van der Waals surface area contributed by atoms with Gasteiger partial charge in [0.05, 0.1) is 23.4 Å². The lowest BCUT2D eigenvalue weighted by Gasteiger charge is -2.22. The average Bonchev–Trinajstić information content (AvgIpc) is 3.30. The smallest absolute Gasteiger partial charge is 0.294 e. The molecule has 12 heteroatoms. The molecule has 0 spiro atoms. The monoisotopic (exact) mass is 463 g/mol. The maximum Gasteiger partial charge on any atom is 0.294 e. The van der Waals surface area contributed by atoms with Crippen molar-refractivity contribution in [2.75, 3.05) is 51.6 Å². The van der Waals surface area contributed by atoms with Crippen molar-refractivity contribution < 1.29 is 9.66 Å². The number of benzene rings is 1. The zero-order chi connectivity index (χ0) is 24.2. The molecule has 0 fully saturated rings. The first-order chi connectivity index (χ1) is 16.4. The Bertz CT molecular complexity index is 1320. The van der Waals surface area contributed by atoms with E-state index in [-0.39, 0.29) is 11.6 Å². The average molecular weight is 464 g/mol. The molecule has 0 atom stereocenters. The molecular weight excluding hydrogens is 438 g/mol. The summed E-state index contributed by atoms with van der Waals surface area (Å²) in [5.41, 5.74) is 2.74. The summed E-state index contributed by atoms with van der Waals surface area (Å²) in [6.45, 7) is 1.36. The number of fused-ring (bicyclic) bond motifs is 1. The fourth-order valence-corrected chi connectivity index (χ4v) is 3.38. The molecule has 0 radical (unpaired) electrons. The van der Waals surface area contributed by atoms with Crippen molar-refractivity contribution in [2.24, 2.45) is 0 Å². The zero-order valence-corrected chi connectivity index (χ0v) is 19.3. The van der Waals surface area contributed by atoms with E-state index in [1.54, 1.807) is 35.2 Å². The van der Waals surface area contributed by atoms with Gasteiger partial charge in [-0.2, -0.15) is 5.10 Å². The van der Waals surface area contributed by atoms with Gasteiger partial charge < -0.3 is 19.9 Å². The van der Waals surface area contributed by atoms with Crippen LogP contribution >= 0.6 is 0 Å². The van der Waals surface area contributed by atoms with Crippen LogP contribution in [-0.4, -0.2) is 75.7 Å². The molecule has 0 unspecified atom stereocenters. The number of hydrogen-bond donors (Lipinski definition) is 1. The lowest BCUT2D eigenvalue weighted by Crippen LogP contribution is -2.28. The van der Waals surface area contributed by atoms with Crippen molar-refractivity contribution in [1.82, 2.24) is 29.5 Å². The Kier molecular flexibility index (Phi) is 6.50. The number of likely N-dealkylation sites (N-methyl/N-ethyl adjacent to an activating group) is 2. The maximum atomic E-state index is 11.8. The minimum absolute atomic E-state index is 0.0482. The molecule has 4 aromatic rings. The minimum atomic E-state index is -0.409. The fraction of sp³-hybridized carbons (Fsp3) is 0.273. The van der Waals surface area contributed by atoms with Gasteiger partial charge in [0.25, 0.3) is 5.69 Å². The van der Waals surface area contributed by atoms with Gasteiger partial charge in [0.1, 0.15) is 17.1 Å². The number of methoxy groups -OCH3 is 1. The van der Waals surface area contributed by atoms with E-state index >= 15 is 0 Å². The molecule has 0 bridgehead atoms. The Morgan fingerprint density at radius 2 is 1.91 bits per heavy atom. The number of hydrogen-bond acceptors (Lipinski definition) is 10. The number of rotatable bonds is 9. The summed E-state index contributed by atoms with van der Waals surface area (Å²) >= 11 is 0. The highest BCUT2D eigenvalue weighted by molar-refractivity contribution is 5.77. The highest BCUT2D eigenvalue weighted by atomic mass is 16.6. The molecule has 3 aromatic heterocycles. The largest absolute Gasteiger partial charge is 0.494 e. The van der Waals surface area contributed by atoms with Gasteiger partial charge in [-0.05, 0) is 32.3 Å². The van der Waals surface area contributed by atoms with Crippen LogP contribution in [0.3, 0.4) is 0 Å². The molecule has 0 saturated carbocycles. The van der Waals surface area contributed by atoms with E-state index in [1.165, 1.54) is 13.2 Å². The summed E-state index contributed by atoms with van der Waals surface area (Å²) in [5.74, 6) is 0.690. The van der Waals surface area contributed by atoms with Crippen LogP contribution < -0.4 is 15.0 Å². The van der Waals surface area contributed by atoms with Gasteiger partial charge in [0.15, 0.2) is 5.65 Å². The number of ether oxygens (including phenoxy) is 1. The van der Waals surface area contributed by atoms with Crippen molar-refractivity contribution in [3.63, 3.8) is 0 Å². The molecule has 0 aliphatic carbocycles. The molecule has 4 rings (SSSR count). The highest BCUT2D eigenvalue weighted by Crippen LogP contribution is 2.38. The summed E-state index contributed by atoms with van der Waals surface area (Å²) < 4.78 is 7.18. The van der Waals surface area contributed by atoms with E-state index in [2.05, 4.69) is 25.4 Å². The van der Waals surface area contributed by atoms with Crippen molar-refractivity contribution in [3.05, 3.63) is 59.0 Å². The first kappa shape index (κ1) is 22.9. The van der Waals surface area contributed by atoms with Gasteiger partial charge in [-0.25, -0.2) is 19.5 Å². The van der Waals surface area contributed by atoms with Crippen LogP contribution in [0.1, 0.15) is 0 Å². The van der Waals surface area contributed by atoms with Crippen LogP contribution in [0.5, 0.6) is 5.75 Å². The molecule has 12 nitrogen and oxygen atoms in total. The number of nitrogens with one attached hydrogen (secondary N) is 1. The number of nitro benzene ring substituents is 1. The van der Waals surface area contributed by atoms with Crippen molar-refractivity contribution in [1.29, 1.82) is 0 Å². The summed E-state index contributed by atoms with van der Waals surface area (Å²) in [4.78, 5) is 28.3. The molecule has 1 aromatic carbocycles. The van der Waals surface area contributed by atoms with Gasteiger partial charge in [0.2, 0.25) is 5.95 Å². The number of nitrogens with zero attached hydrogens (tertiary/aromatic N) is 8. The molecule has 0 amide bonds. The standard InChI is InChI=1S/C22H25N9O3/c1-28(2)11-12-29(3)18-14-20(34-4)17(13-19(18)31(32)33)26-22-24-8-7-15(25-22)16-5-6-21-23-9-10-30(21)27-16/h5-10,13-14H,11-12H2,1-4H3,(H,24,25,26). The number of imidazole rings is 1. The van der Waals surface area contributed by atoms with E-state index in [0.29, 0.717) is 35.1 Å². The van der Waals surface area contributed by atoms with Crippen molar-refractivity contribution in [2.45, 2.75) is 0 Å². The van der Waals surface area contributed by atoms with Crippen LogP contribution in [0.4, 0.5) is 23.0 Å². The van der Waals surface area contributed by atoms with Crippen molar-refractivity contribution >= 4 is 28.7 Å². The third-order valence-corrected chi connectivity index (χ3v) is 5.21. The minimum Gasteiger partial charge on any atom is -0.494 e. The SMILES string of the molecule is COc1cc(N(C)CCN(C)C)c([N+](=O)[O-])cc1Nc1nccc(-c2ccc3nccn3n2)n1. The molecule has 0 aliphatic heterocycles. The van der Waals surface area contributed by atoms with Gasteiger partial charge in [-0.1, -0.05) is 0 Å². The molecule has 3 heterocycles. The third-order valence-electron chi connectivity index (χ3n) is 5.21. The van der Waals surface area contributed by atoms with Crippen LogP contribution in [0.2, 0.25) is 0 Å². The maximum absolute atomic E-state index is 11.8. The fourth-order valence-electron chi connectivity index (χ4n) is 3.38. The molecule has 34 heavy (non-hydrogen) atoms. The van der Waals surface area contributed by atoms with Crippen molar-refractivity contribution in [3.8, 4) is 17.1 Å². The normalized spacial score (nSPS) is 11.1. The van der Waals surface area contributed by atoms with Crippen LogP contribution in [0.25, 0.3) is 17.0 Å². The number of aromatic nitrogens is 5. The quantitative estimate of drug-likeness (QED) is 0.292. The van der Waals surface area contributed by atoms with Gasteiger partial charge in [0, 0.05) is 50.9 Å². The molecule has 1 N–H and O–H groups in total. The van der Waals surface area contributed by atoms with Crippen LogP contribution in [0, 0.1) is 10.1 Å². The number of anilines is 3. The predicted octanol–water partition coefficient (Wildman–Crippen LogP) is 2.84. The highest BCUT2D eigenvalue weighted by Gasteiger charge is 2.22. The molecule has 0 aliphatic rings. The molecule has 0 saturated heterocycles. The number of nitro groups is 1. The first-order valence-corrected chi connectivity index (χ1v) is 10.5. The van der Waals surface area contributed by atoms with Gasteiger partial charge in [-0.3, -0.25) is 10.1 Å². The second-order valence-electron chi connectivity index (χ2n) is 7.86. The van der Waals surface area contributed by atoms with E-state index in [0.717, 1.165) is 12.2 Å². The lowest BCUT2D eigenvalue weighted by atomic mass is 10.2. The Hall–Kier alpha value is -4.32. The molecular formula is C22H25N9O3. The third kappa shape index (κ3) is 4.86. The van der Waals surface area contributed by atoms with E-state index in [9.17, 15) is 10.1 Å². The van der Waals surface area contributed by atoms with E-state index < -0.39 is 4.92 Å². The summed E-state index contributed by atoms with van der Waals surface area (Å²) in [5, 5.41) is 19.4. The van der Waals surface area contributed by atoms with Gasteiger partial charge >= 0.3 is 0 Å². The predicted molar refractivity (Wildman–Crippen MR) is 129 cm³/mol. The summed E-state index contributed by atoms with van der Waals surface area (Å²) in [6, 6.07) is 8.48. The van der Waals surface area contributed by atoms with Gasteiger partial charge in [-0.15, -0.1) is 0 Å². The van der Waals surface area contributed by atoms with Crippen LogP contribution in [-0.2, 0) is 0 Å². The molecule has 176 valence electrons. The Morgan fingerprint density at radius 1 is 1.09 bits per heavy atom. The Balaban J connectivity index is 1.66. The Labute approximate surface area is 196 Å². The zero-order valence-electron chi connectivity index (χ0n) is 19.3. The summed E-state index contributed by atoms with van der Waals surface area (Å²) in [6.07, 6.45) is 5.01. The van der Waals surface area contributed by atoms with E-state index in [4.69, 9.17) is 4.74 Å². The first-order valence-electron chi connectivity index (χ1n) is 10.5. The van der Waals surface area contributed by atoms with Crippen LogP contribution in [0.15, 0.2) is 48.9 Å². The summed E-state index contributed by atoms with van der Waals surface area (Å²) in [7, 11) is 7.23.